The molecule has 0 heterocycles. The van der Waals surface area contributed by atoms with Crippen molar-refractivity contribution in [1.82, 2.24) is 4.90 Å². The number of carbonyl (C=O) groups excluding carboxylic acids is 1. The molecule has 118 valence electrons. The second-order valence-corrected chi connectivity index (χ2v) is 6.20. The maximum Gasteiger partial charge on any atom is 0.186 e. The topological polar surface area (TPSA) is 20.3 Å². The number of hydrogen-bond acceptors (Lipinski definition) is 2. The van der Waals surface area contributed by atoms with Gasteiger partial charge in [-0.2, -0.15) is 0 Å². The highest BCUT2D eigenvalue weighted by Gasteiger charge is 2.41. The first-order chi connectivity index (χ1) is 9.89. The quantitative estimate of drug-likeness (QED) is 0.472. The SMILES string of the molecule is CCN(CC)C(CC)(CC)C(=O)c1ccc(Br)c(Cl)c1F. The molecule has 0 fully saturated rings. The molecule has 0 saturated carbocycles. The van der Waals surface area contributed by atoms with Crippen LogP contribution in [0, 0.1) is 5.82 Å². The van der Waals surface area contributed by atoms with Crippen molar-refractivity contribution in [2.24, 2.45) is 0 Å². The van der Waals surface area contributed by atoms with Crippen molar-refractivity contribution >= 4 is 33.3 Å². The van der Waals surface area contributed by atoms with Gasteiger partial charge in [0.25, 0.3) is 0 Å². The highest BCUT2D eigenvalue weighted by molar-refractivity contribution is 9.10. The van der Waals surface area contributed by atoms with Crippen LogP contribution in [0.4, 0.5) is 4.39 Å². The number of benzene rings is 1. The molecular formula is C16H22BrClFNO. The van der Waals surface area contributed by atoms with Crippen molar-refractivity contribution in [1.29, 1.82) is 0 Å². The Morgan fingerprint density at radius 2 is 1.76 bits per heavy atom. The van der Waals surface area contributed by atoms with Crippen LogP contribution in [-0.4, -0.2) is 29.3 Å². The molecule has 0 N–H and O–H groups in total. The van der Waals surface area contributed by atoms with Crippen LogP contribution >= 0.6 is 27.5 Å². The summed E-state index contributed by atoms with van der Waals surface area (Å²) in [7, 11) is 0. The Bertz CT molecular complexity index is 513. The Morgan fingerprint density at radius 1 is 1.24 bits per heavy atom. The number of carbonyl (C=O) groups is 1. The monoisotopic (exact) mass is 377 g/mol. The van der Waals surface area contributed by atoms with Crippen LogP contribution in [0.25, 0.3) is 0 Å². The second kappa shape index (κ2) is 7.70. The van der Waals surface area contributed by atoms with E-state index in [1.54, 1.807) is 6.07 Å². The van der Waals surface area contributed by atoms with Gasteiger partial charge in [0.2, 0.25) is 0 Å². The predicted octanol–water partition coefficient (Wildman–Crippen LogP) is 5.32. The maximum atomic E-state index is 14.4. The summed E-state index contributed by atoms with van der Waals surface area (Å²) in [5.74, 6) is -0.836. The summed E-state index contributed by atoms with van der Waals surface area (Å²) >= 11 is 9.10. The second-order valence-electron chi connectivity index (χ2n) is 4.96. The number of Topliss-reactive ketones (excluding diaryl/α,β-unsaturated/α-hetero) is 1. The molecule has 0 aliphatic heterocycles. The molecular weight excluding hydrogens is 357 g/mol. The molecule has 0 spiro atoms. The van der Waals surface area contributed by atoms with Crippen LogP contribution in [0.3, 0.4) is 0 Å². The third kappa shape index (κ3) is 3.33. The molecule has 0 aromatic heterocycles. The van der Waals surface area contributed by atoms with Crippen molar-refractivity contribution in [3.63, 3.8) is 0 Å². The van der Waals surface area contributed by atoms with Crippen molar-refractivity contribution in [2.75, 3.05) is 13.1 Å². The summed E-state index contributed by atoms with van der Waals surface area (Å²) in [4.78, 5) is 15.1. The molecule has 1 rings (SSSR count). The molecule has 0 amide bonds. The summed E-state index contributed by atoms with van der Waals surface area (Å²) in [6.45, 7) is 9.46. The highest BCUT2D eigenvalue weighted by Crippen LogP contribution is 2.33. The number of rotatable bonds is 7. The lowest BCUT2D eigenvalue weighted by Crippen LogP contribution is -2.54. The normalized spacial score (nSPS) is 12.0. The lowest BCUT2D eigenvalue weighted by atomic mass is 9.82. The largest absolute Gasteiger partial charge is 0.292 e. The lowest BCUT2D eigenvalue weighted by molar-refractivity contribution is 0.0530. The average Bonchev–Trinajstić information content (AvgIpc) is 2.50. The predicted molar refractivity (Wildman–Crippen MR) is 89.7 cm³/mol. The van der Waals surface area contributed by atoms with Crippen LogP contribution in [0.15, 0.2) is 16.6 Å². The van der Waals surface area contributed by atoms with E-state index in [-0.39, 0.29) is 16.4 Å². The summed E-state index contributed by atoms with van der Waals surface area (Å²) in [5, 5.41) is -0.0403. The molecule has 0 aliphatic carbocycles. The molecule has 0 radical (unpaired) electrons. The molecule has 1 aromatic rings. The molecule has 0 atom stereocenters. The molecule has 0 bridgehead atoms. The van der Waals surface area contributed by atoms with E-state index < -0.39 is 11.4 Å². The Labute approximate surface area is 139 Å². The van der Waals surface area contributed by atoms with E-state index in [4.69, 9.17) is 11.6 Å². The first-order valence-corrected chi connectivity index (χ1v) is 8.49. The number of likely N-dealkylation sites (N-methyl/N-ethyl adjacent to an activating group) is 1. The van der Waals surface area contributed by atoms with Crippen molar-refractivity contribution in [3.8, 4) is 0 Å². The summed E-state index contributed by atoms with van der Waals surface area (Å²) in [6.07, 6.45) is 1.27. The molecule has 0 unspecified atom stereocenters. The van der Waals surface area contributed by atoms with E-state index in [2.05, 4.69) is 20.8 Å². The van der Waals surface area contributed by atoms with Gasteiger partial charge in [-0.05, 0) is 54.0 Å². The van der Waals surface area contributed by atoms with Crippen molar-refractivity contribution in [2.45, 2.75) is 46.1 Å². The molecule has 2 nitrogen and oxygen atoms in total. The van der Waals surface area contributed by atoms with Crippen LogP contribution in [0.1, 0.15) is 50.9 Å². The highest BCUT2D eigenvalue weighted by atomic mass is 79.9. The van der Waals surface area contributed by atoms with Gasteiger partial charge in [0.15, 0.2) is 11.6 Å². The standard InChI is InChI=1S/C16H22BrClFNO/c1-5-16(6-2,20(7-3)8-4)15(21)11-9-10-12(17)13(18)14(11)19/h9-10H,5-8H2,1-4H3. The van der Waals surface area contributed by atoms with Gasteiger partial charge in [-0.25, -0.2) is 4.39 Å². The minimum atomic E-state index is -0.679. The van der Waals surface area contributed by atoms with Crippen LogP contribution in [0.5, 0.6) is 0 Å². The average molecular weight is 379 g/mol. The van der Waals surface area contributed by atoms with Crippen LogP contribution in [0.2, 0.25) is 5.02 Å². The fourth-order valence-corrected chi connectivity index (χ4v) is 3.41. The number of nitrogens with zero attached hydrogens (tertiary/aromatic N) is 1. The van der Waals surface area contributed by atoms with Gasteiger partial charge in [0.05, 0.1) is 16.1 Å². The summed E-state index contributed by atoms with van der Waals surface area (Å²) in [5.41, 5.74) is -0.611. The fourth-order valence-electron chi connectivity index (χ4n) is 2.94. The van der Waals surface area contributed by atoms with E-state index in [9.17, 15) is 9.18 Å². The van der Waals surface area contributed by atoms with Crippen molar-refractivity contribution < 1.29 is 9.18 Å². The van der Waals surface area contributed by atoms with E-state index in [0.717, 1.165) is 13.1 Å². The fraction of sp³-hybridized carbons (Fsp3) is 0.562. The number of hydrogen-bond donors (Lipinski definition) is 0. The molecule has 21 heavy (non-hydrogen) atoms. The van der Waals surface area contributed by atoms with Gasteiger partial charge in [-0.1, -0.05) is 39.3 Å². The third-order valence-electron chi connectivity index (χ3n) is 4.24. The van der Waals surface area contributed by atoms with E-state index >= 15 is 0 Å². The van der Waals surface area contributed by atoms with Gasteiger partial charge in [-0.3, -0.25) is 9.69 Å². The van der Waals surface area contributed by atoms with E-state index in [1.165, 1.54) is 6.07 Å². The van der Waals surface area contributed by atoms with E-state index in [0.29, 0.717) is 17.3 Å². The molecule has 0 aliphatic rings. The maximum absolute atomic E-state index is 14.4. The zero-order valence-electron chi connectivity index (χ0n) is 13.0. The van der Waals surface area contributed by atoms with Gasteiger partial charge in [0, 0.05) is 4.47 Å². The number of halogens is 3. The van der Waals surface area contributed by atoms with Gasteiger partial charge in [0.1, 0.15) is 0 Å². The first-order valence-electron chi connectivity index (χ1n) is 7.32. The first kappa shape index (κ1) is 18.6. The molecule has 1 aromatic carbocycles. The minimum Gasteiger partial charge on any atom is -0.292 e. The van der Waals surface area contributed by atoms with Gasteiger partial charge in [-0.15, -0.1) is 0 Å². The Morgan fingerprint density at radius 3 is 2.19 bits per heavy atom. The lowest BCUT2D eigenvalue weighted by Gasteiger charge is -2.41. The summed E-state index contributed by atoms with van der Waals surface area (Å²) in [6, 6.07) is 3.13. The zero-order valence-corrected chi connectivity index (χ0v) is 15.3. The van der Waals surface area contributed by atoms with Crippen LogP contribution in [-0.2, 0) is 0 Å². The minimum absolute atomic E-state index is 0.0403. The molecule has 5 heteroatoms. The number of ketones is 1. The summed E-state index contributed by atoms with van der Waals surface area (Å²) < 4.78 is 14.8. The molecule has 0 saturated heterocycles. The Kier molecular flexibility index (Phi) is 6.82. The third-order valence-corrected chi connectivity index (χ3v) is 5.50. The van der Waals surface area contributed by atoms with Crippen LogP contribution < -0.4 is 0 Å². The van der Waals surface area contributed by atoms with E-state index in [1.807, 2.05) is 27.7 Å². The van der Waals surface area contributed by atoms with Gasteiger partial charge < -0.3 is 0 Å². The Hall–Kier alpha value is -0.450. The zero-order chi connectivity index (χ0) is 16.2. The van der Waals surface area contributed by atoms with Gasteiger partial charge >= 0.3 is 0 Å². The Balaban J connectivity index is 3.40. The van der Waals surface area contributed by atoms with Crippen molar-refractivity contribution in [3.05, 3.63) is 33.0 Å². The smallest absolute Gasteiger partial charge is 0.186 e.